The highest BCUT2D eigenvalue weighted by Crippen LogP contribution is 2.40. The van der Waals surface area contributed by atoms with Gasteiger partial charge in [-0.25, -0.2) is 4.98 Å². The number of rotatable bonds is 5. The zero-order valence-electron chi connectivity index (χ0n) is 11.9. The van der Waals surface area contributed by atoms with Crippen LogP contribution in [-0.2, 0) is 0 Å². The van der Waals surface area contributed by atoms with Gasteiger partial charge in [-0.3, -0.25) is 0 Å². The van der Waals surface area contributed by atoms with Gasteiger partial charge in [0, 0.05) is 24.2 Å². The summed E-state index contributed by atoms with van der Waals surface area (Å²) in [4.78, 5) is 9.01. The van der Waals surface area contributed by atoms with Gasteiger partial charge in [0.1, 0.15) is 5.82 Å². The second-order valence-corrected chi connectivity index (χ2v) is 5.12. The number of nitrogens with one attached hydrogen (secondary N) is 2. The van der Waals surface area contributed by atoms with E-state index in [9.17, 15) is 0 Å². The molecule has 2 aromatic rings. The number of aromatic nitrogens is 2. The molecule has 0 saturated heterocycles. The van der Waals surface area contributed by atoms with Crippen molar-refractivity contribution in [3.63, 3.8) is 0 Å². The highest BCUT2D eigenvalue weighted by Gasteiger charge is 2.26. The quantitative estimate of drug-likeness (QED) is 0.877. The lowest BCUT2D eigenvalue weighted by Crippen LogP contribution is -2.06. The molecule has 1 aliphatic carbocycles. The van der Waals surface area contributed by atoms with E-state index in [0.717, 1.165) is 23.7 Å². The van der Waals surface area contributed by atoms with Gasteiger partial charge in [0.05, 0.1) is 17.3 Å². The summed E-state index contributed by atoms with van der Waals surface area (Å²) in [5.41, 5.74) is 2.57. The fourth-order valence-corrected chi connectivity index (χ4v) is 2.17. The van der Waals surface area contributed by atoms with E-state index in [1.54, 1.807) is 6.07 Å². The average molecular weight is 279 g/mol. The molecule has 1 aliphatic rings. The van der Waals surface area contributed by atoms with Crippen LogP contribution in [0.2, 0.25) is 0 Å². The summed E-state index contributed by atoms with van der Waals surface area (Å²) in [5, 5.41) is 15.4. The lowest BCUT2D eigenvalue weighted by Gasteiger charge is -2.10. The number of hydrogen-bond acceptors (Lipinski definition) is 5. The van der Waals surface area contributed by atoms with Crippen LogP contribution in [0.15, 0.2) is 30.3 Å². The van der Waals surface area contributed by atoms with Crippen LogP contribution in [0, 0.1) is 11.3 Å². The van der Waals surface area contributed by atoms with Crippen molar-refractivity contribution in [3.05, 3.63) is 41.6 Å². The van der Waals surface area contributed by atoms with Crippen molar-refractivity contribution in [1.82, 2.24) is 9.97 Å². The first-order valence-electron chi connectivity index (χ1n) is 7.18. The second-order valence-electron chi connectivity index (χ2n) is 5.12. The van der Waals surface area contributed by atoms with E-state index in [-0.39, 0.29) is 0 Å². The van der Waals surface area contributed by atoms with Gasteiger partial charge in [-0.15, -0.1) is 0 Å². The SMILES string of the molecule is CCNc1nc(Nc2cccc(C#N)c2)cc(C2CC2)n1. The van der Waals surface area contributed by atoms with Crippen molar-refractivity contribution < 1.29 is 0 Å². The van der Waals surface area contributed by atoms with Crippen LogP contribution in [0.25, 0.3) is 0 Å². The molecule has 2 N–H and O–H groups in total. The molecule has 0 bridgehead atoms. The van der Waals surface area contributed by atoms with Crippen molar-refractivity contribution in [1.29, 1.82) is 5.26 Å². The Labute approximate surface area is 124 Å². The summed E-state index contributed by atoms with van der Waals surface area (Å²) in [5.74, 6) is 1.98. The van der Waals surface area contributed by atoms with E-state index in [1.165, 1.54) is 12.8 Å². The Bertz CT molecular complexity index is 685. The monoisotopic (exact) mass is 279 g/mol. The summed E-state index contributed by atoms with van der Waals surface area (Å²) >= 11 is 0. The van der Waals surface area contributed by atoms with Crippen LogP contribution < -0.4 is 10.6 Å². The average Bonchev–Trinajstić information content (AvgIpc) is 3.32. The van der Waals surface area contributed by atoms with Gasteiger partial charge in [0.25, 0.3) is 0 Å². The normalized spacial score (nSPS) is 13.5. The molecule has 21 heavy (non-hydrogen) atoms. The fourth-order valence-electron chi connectivity index (χ4n) is 2.17. The van der Waals surface area contributed by atoms with Crippen LogP contribution in [-0.4, -0.2) is 16.5 Å². The Kier molecular flexibility index (Phi) is 3.69. The molecule has 0 radical (unpaired) electrons. The van der Waals surface area contributed by atoms with Crippen molar-refractivity contribution in [2.24, 2.45) is 0 Å². The van der Waals surface area contributed by atoms with Gasteiger partial charge in [-0.2, -0.15) is 10.2 Å². The van der Waals surface area contributed by atoms with Crippen LogP contribution in [0.3, 0.4) is 0 Å². The largest absolute Gasteiger partial charge is 0.354 e. The molecule has 5 heteroatoms. The molecule has 1 aromatic heterocycles. The highest BCUT2D eigenvalue weighted by atomic mass is 15.1. The Morgan fingerprint density at radius 1 is 1.29 bits per heavy atom. The molecule has 0 amide bonds. The smallest absolute Gasteiger partial charge is 0.224 e. The Hall–Kier alpha value is -2.61. The van der Waals surface area contributed by atoms with Crippen molar-refractivity contribution >= 4 is 17.5 Å². The van der Waals surface area contributed by atoms with Gasteiger partial charge in [0.15, 0.2) is 0 Å². The molecule has 1 aromatic carbocycles. The molecular weight excluding hydrogens is 262 g/mol. The number of nitrogens with zero attached hydrogens (tertiary/aromatic N) is 3. The maximum atomic E-state index is 8.95. The third-order valence-electron chi connectivity index (χ3n) is 3.34. The third-order valence-corrected chi connectivity index (χ3v) is 3.34. The minimum Gasteiger partial charge on any atom is -0.354 e. The zero-order chi connectivity index (χ0) is 14.7. The molecule has 0 aliphatic heterocycles. The molecule has 0 spiro atoms. The molecule has 3 rings (SSSR count). The Balaban J connectivity index is 1.88. The predicted octanol–water partition coefficient (Wildman–Crippen LogP) is 3.40. The molecule has 1 heterocycles. The van der Waals surface area contributed by atoms with Crippen molar-refractivity contribution in [3.8, 4) is 6.07 Å². The molecule has 0 unspecified atom stereocenters. The van der Waals surface area contributed by atoms with Gasteiger partial charge in [-0.1, -0.05) is 6.07 Å². The molecule has 1 fully saturated rings. The van der Waals surface area contributed by atoms with Crippen LogP contribution >= 0.6 is 0 Å². The summed E-state index contributed by atoms with van der Waals surface area (Å²) in [7, 11) is 0. The first kappa shape index (κ1) is 13.4. The predicted molar refractivity (Wildman–Crippen MR) is 82.6 cm³/mol. The number of nitriles is 1. The van der Waals surface area contributed by atoms with Gasteiger partial charge in [-0.05, 0) is 38.0 Å². The first-order chi connectivity index (χ1) is 10.3. The Morgan fingerprint density at radius 2 is 2.14 bits per heavy atom. The molecule has 106 valence electrons. The molecule has 1 saturated carbocycles. The van der Waals surface area contributed by atoms with Crippen LogP contribution in [0.4, 0.5) is 17.5 Å². The number of hydrogen-bond donors (Lipinski definition) is 2. The van der Waals surface area contributed by atoms with Crippen molar-refractivity contribution in [2.75, 3.05) is 17.2 Å². The minimum absolute atomic E-state index is 0.566. The Morgan fingerprint density at radius 3 is 2.86 bits per heavy atom. The van der Waals surface area contributed by atoms with Gasteiger partial charge < -0.3 is 10.6 Å². The lowest BCUT2D eigenvalue weighted by molar-refractivity contribution is 0.978. The lowest BCUT2D eigenvalue weighted by atomic mass is 10.2. The molecule has 5 nitrogen and oxygen atoms in total. The zero-order valence-corrected chi connectivity index (χ0v) is 11.9. The number of benzene rings is 1. The van der Waals surface area contributed by atoms with E-state index in [1.807, 2.05) is 31.2 Å². The molecule has 0 atom stereocenters. The standard InChI is InChI=1S/C16H17N5/c1-2-18-16-20-14(12-6-7-12)9-15(21-16)19-13-5-3-4-11(8-13)10-17/h3-5,8-9,12H,2,6-7H2,1H3,(H2,18,19,20,21). The summed E-state index contributed by atoms with van der Waals surface area (Å²) in [6.45, 7) is 2.81. The van der Waals surface area contributed by atoms with E-state index in [4.69, 9.17) is 5.26 Å². The summed E-state index contributed by atoms with van der Waals surface area (Å²) in [6.07, 6.45) is 2.40. The fraction of sp³-hybridized carbons (Fsp3) is 0.312. The van der Waals surface area contributed by atoms with Crippen LogP contribution in [0.1, 0.15) is 36.9 Å². The third kappa shape index (κ3) is 3.29. The van der Waals surface area contributed by atoms with Gasteiger partial charge in [0.2, 0.25) is 5.95 Å². The van der Waals surface area contributed by atoms with E-state index in [2.05, 4.69) is 26.7 Å². The maximum Gasteiger partial charge on any atom is 0.224 e. The second kappa shape index (κ2) is 5.80. The molecular formula is C16H17N5. The van der Waals surface area contributed by atoms with E-state index >= 15 is 0 Å². The van der Waals surface area contributed by atoms with Crippen molar-refractivity contribution in [2.45, 2.75) is 25.7 Å². The minimum atomic E-state index is 0.566. The van der Waals surface area contributed by atoms with E-state index < -0.39 is 0 Å². The first-order valence-corrected chi connectivity index (χ1v) is 7.18. The summed E-state index contributed by atoms with van der Waals surface area (Å²) in [6, 6.07) is 11.5. The van der Waals surface area contributed by atoms with E-state index in [0.29, 0.717) is 17.4 Å². The topological polar surface area (TPSA) is 73.6 Å². The van der Waals surface area contributed by atoms with Gasteiger partial charge >= 0.3 is 0 Å². The summed E-state index contributed by atoms with van der Waals surface area (Å²) < 4.78 is 0. The van der Waals surface area contributed by atoms with Crippen LogP contribution in [0.5, 0.6) is 0 Å². The number of anilines is 3. The highest BCUT2D eigenvalue weighted by molar-refractivity contribution is 5.60. The maximum absolute atomic E-state index is 8.95.